The Labute approximate surface area is 231 Å². The van der Waals surface area contributed by atoms with Crippen molar-refractivity contribution in [2.45, 2.75) is 18.7 Å². The number of aliphatic imine (C=N–C) groups is 1. The minimum atomic E-state index is -0.643. The Morgan fingerprint density at radius 3 is 2.05 bits per heavy atom. The predicted octanol–water partition coefficient (Wildman–Crippen LogP) is 8.02. The highest BCUT2D eigenvalue weighted by atomic mass is 127. The van der Waals surface area contributed by atoms with Crippen LogP contribution in [-0.4, -0.2) is 15.7 Å². The Balaban J connectivity index is 1.94. The summed E-state index contributed by atoms with van der Waals surface area (Å²) in [5.74, 6) is 0.565. The zero-order valence-electron chi connectivity index (χ0n) is 19.9. The van der Waals surface area contributed by atoms with Crippen LogP contribution in [0.25, 0.3) is 0 Å². The van der Waals surface area contributed by atoms with Crippen LogP contribution in [-0.2, 0) is 0 Å². The molecule has 0 saturated heterocycles. The number of non-ortho nitro benzene ring substituents is 1. The van der Waals surface area contributed by atoms with Gasteiger partial charge in [0, 0.05) is 27.1 Å². The Morgan fingerprint density at radius 2 is 1.46 bits per heavy atom. The molecule has 0 N–H and O–H groups in total. The second-order valence-corrected chi connectivity index (χ2v) is 10.3. The molecule has 4 aromatic carbocycles. The van der Waals surface area contributed by atoms with Gasteiger partial charge in [-0.05, 0) is 72.8 Å². The van der Waals surface area contributed by atoms with Crippen LogP contribution in [0.15, 0.2) is 101 Å². The van der Waals surface area contributed by atoms with E-state index in [1.807, 2.05) is 90.9 Å². The van der Waals surface area contributed by atoms with E-state index in [1.165, 1.54) is 12.1 Å². The van der Waals surface area contributed by atoms with Gasteiger partial charge in [-0.2, -0.15) is 0 Å². The van der Waals surface area contributed by atoms with Gasteiger partial charge in [-0.3, -0.25) is 24.5 Å². The number of anilines is 1. The van der Waals surface area contributed by atoms with Crippen molar-refractivity contribution >= 4 is 63.1 Å². The molecule has 0 aliphatic carbocycles. The second kappa shape index (κ2) is 11.5. The van der Waals surface area contributed by atoms with Gasteiger partial charge >= 0.3 is 0 Å². The minimum absolute atomic E-state index is 0.249. The average Bonchev–Trinajstić information content (AvgIpc) is 2.88. The zero-order chi connectivity index (χ0) is 26.5. The fraction of sp³-hybridized carbons (Fsp3) is 0.0741. The third-order valence-corrected chi connectivity index (χ3v) is 7.43. The lowest BCUT2D eigenvalue weighted by Crippen LogP contribution is -2.26. The molecule has 0 amide bonds. The Hall–Kier alpha value is -3.77. The van der Waals surface area contributed by atoms with E-state index in [1.54, 1.807) is 0 Å². The van der Waals surface area contributed by atoms with Gasteiger partial charge < -0.3 is 0 Å². The maximum Gasteiger partial charge on any atom is 0.291 e. The molecule has 37 heavy (non-hydrogen) atoms. The van der Waals surface area contributed by atoms with Crippen molar-refractivity contribution < 1.29 is 9.85 Å². The number of amidine groups is 1. The quantitative estimate of drug-likeness (QED) is 0.0516. The topological polar surface area (TPSA) is 102 Å². The van der Waals surface area contributed by atoms with Crippen LogP contribution in [0.4, 0.5) is 22.7 Å². The largest absolute Gasteiger partial charge is 0.291 e. The molecule has 0 spiro atoms. The van der Waals surface area contributed by atoms with Crippen molar-refractivity contribution in [1.29, 1.82) is 0 Å². The summed E-state index contributed by atoms with van der Waals surface area (Å²) in [6.45, 7) is 3.97. The van der Waals surface area contributed by atoms with Gasteiger partial charge in [0.1, 0.15) is 4.90 Å². The van der Waals surface area contributed by atoms with Gasteiger partial charge in [0.05, 0.1) is 27.3 Å². The van der Waals surface area contributed by atoms with Gasteiger partial charge in [-0.15, -0.1) is 0 Å². The Kier molecular flexibility index (Phi) is 8.19. The van der Waals surface area contributed by atoms with E-state index in [0.717, 1.165) is 49.6 Å². The summed E-state index contributed by atoms with van der Waals surface area (Å²) in [5.41, 5.74) is 3.76. The third-order valence-electron chi connectivity index (χ3n) is 5.38. The second-order valence-electron chi connectivity index (χ2n) is 8.14. The van der Waals surface area contributed by atoms with Crippen molar-refractivity contribution in [3.8, 4) is 0 Å². The maximum atomic E-state index is 11.9. The summed E-state index contributed by atoms with van der Waals surface area (Å²) in [4.78, 5) is 27.1. The lowest BCUT2D eigenvalue weighted by atomic mass is 10.1. The molecular formula is C27H21IN4O4S. The van der Waals surface area contributed by atoms with Gasteiger partial charge in [-0.1, -0.05) is 53.6 Å². The molecule has 0 bridgehead atoms. The molecular weight excluding hydrogens is 603 g/mol. The van der Waals surface area contributed by atoms with Gasteiger partial charge in [0.2, 0.25) is 0 Å². The van der Waals surface area contributed by atoms with E-state index in [4.69, 9.17) is 4.99 Å². The Bertz CT molecular complexity index is 1490. The molecule has 0 unspecified atom stereocenters. The van der Waals surface area contributed by atoms with Crippen LogP contribution in [0, 0.1) is 37.6 Å². The monoisotopic (exact) mass is 624 g/mol. The first-order valence-corrected chi connectivity index (χ1v) is 13.0. The number of nitrogens with zero attached hydrogens (tertiary/aromatic N) is 4. The van der Waals surface area contributed by atoms with E-state index in [0.29, 0.717) is 5.84 Å². The molecule has 0 saturated carbocycles. The number of halogens is 1. The van der Waals surface area contributed by atoms with Gasteiger partial charge in [0.25, 0.3) is 11.4 Å². The predicted molar refractivity (Wildman–Crippen MR) is 156 cm³/mol. The number of hydrogen-bond donors (Lipinski definition) is 0. The number of rotatable bonds is 7. The molecule has 0 atom stereocenters. The molecule has 4 aromatic rings. The first-order chi connectivity index (χ1) is 17.7. The molecule has 8 nitrogen and oxygen atoms in total. The zero-order valence-corrected chi connectivity index (χ0v) is 22.8. The molecule has 186 valence electrons. The van der Waals surface area contributed by atoms with Crippen LogP contribution < -0.4 is 4.31 Å². The summed E-state index contributed by atoms with van der Waals surface area (Å²) in [7, 11) is 0. The van der Waals surface area contributed by atoms with Crippen LogP contribution in [0.2, 0.25) is 0 Å². The van der Waals surface area contributed by atoms with Crippen molar-refractivity contribution in [2.75, 3.05) is 4.31 Å². The van der Waals surface area contributed by atoms with Crippen LogP contribution in [0.1, 0.15) is 16.7 Å². The van der Waals surface area contributed by atoms with Crippen molar-refractivity contribution in [2.24, 2.45) is 4.99 Å². The summed E-state index contributed by atoms with van der Waals surface area (Å²) in [6, 6.07) is 26.9. The van der Waals surface area contributed by atoms with E-state index < -0.39 is 9.85 Å². The normalized spacial score (nSPS) is 11.3. The lowest BCUT2D eigenvalue weighted by Gasteiger charge is -2.26. The van der Waals surface area contributed by atoms with E-state index in [2.05, 4.69) is 22.6 Å². The highest BCUT2D eigenvalue weighted by molar-refractivity contribution is 14.1. The van der Waals surface area contributed by atoms with Crippen LogP contribution >= 0.6 is 34.5 Å². The number of hydrogen-bond acceptors (Lipinski definition) is 6. The van der Waals surface area contributed by atoms with Gasteiger partial charge in [0.15, 0.2) is 5.84 Å². The first kappa shape index (κ1) is 26.3. The molecule has 10 heteroatoms. The minimum Gasteiger partial charge on any atom is -0.263 e. The van der Waals surface area contributed by atoms with Crippen LogP contribution in [0.3, 0.4) is 0 Å². The number of benzene rings is 4. The first-order valence-electron chi connectivity index (χ1n) is 11.1. The molecule has 0 fully saturated rings. The lowest BCUT2D eigenvalue weighted by molar-refractivity contribution is -0.396. The molecule has 4 rings (SSSR count). The van der Waals surface area contributed by atoms with Crippen molar-refractivity contribution in [3.63, 3.8) is 0 Å². The smallest absolute Gasteiger partial charge is 0.263 e. The van der Waals surface area contributed by atoms with E-state index in [-0.39, 0.29) is 16.3 Å². The highest BCUT2D eigenvalue weighted by Gasteiger charge is 2.26. The van der Waals surface area contributed by atoms with E-state index in [9.17, 15) is 20.2 Å². The molecule has 0 aromatic heterocycles. The molecule has 0 radical (unpaired) electrons. The molecule has 0 aliphatic rings. The fourth-order valence-electron chi connectivity index (χ4n) is 3.44. The summed E-state index contributed by atoms with van der Waals surface area (Å²) in [6.07, 6.45) is 0. The SMILES string of the molecule is Cc1ccc(N=C(c2ccccc2I)N(Sc2ccc([N+](=O)[O-])cc2[N+](=O)[O-])c2ccc(C)cc2)cc1. The summed E-state index contributed by atoms with van der Waals surface area (Å²) >= 11 is 3.33. The van der Waals surface area contributed by atoms with Gasteiger partial charge in [-0.25, -0.2) is 4.99 Å². The summed E-state index contributed by atoms with van der Waals surface area (Å²) < 4.78 is 2.77. The number of aryl methyl sites for hydroxylation is 2. The van der Waals surface area contributed by atoms with Crippen molar-refractivity contribution in [1.82, 2.24) is 0 Å². The van der Waals surface area contributed by atoms with Crippen molar-refractivity contribution in [3.05, 3.63) is 131 Å². The standard InChI is InChI=1S/C27H21IN4O4S/c1-18-7-11-20(12-8-18)29-27(23-5-3-4-6-24(23)28)30(21-13-9-19(2)10-14-21)37-26-16-15-22(31(33)34)17-25(26)32(35)36/h3-17H,1-2H3. The molecule has 0 aliphatic heterocycles. The summed E-state index contributed by atoms with van der Waals surface area (Å²) in [5, 5.41) is 23.2. The van der Waals surface area contributed by atoms with E-state index >= 15 is 0 Å². The Morgan fingerprint density at radius 1 is 0.838 bits per heavy atom. The average molecular weight is 624 g/mol. The molecule has 0 heterocycles. The fourth-order valence-corrected chi connectivity index (χ4v) is 5.07. The number of nitro groups is 2. The highest BCUT2D eigenvalue weighted by Crippen LogP contribution is 2.39. The third kappa shape index (κ3) is 6.33. The van der Waals surface area contributed by atoms with Crippen LogP contribution in [0.5, 0.6) is 0 Å². The maximum absolute atomic E-state index is 11.9. The number of nitro benzene ring substituents is 2.